The van der Waals surface area contributed by atoms with Crippen molar-refractivity contribution in [2.24, 2.45) is 11.3 Å². The molecule has 5 nitrogen and oxygen atoms in total. The first kappa shape index (κ1) is 15.5. The topological polar surface area (TPSA) is 68.3 Å². The lowest BCUT2D eigenvalue weighted by atomic mass is 9.86. The molecule has 1 heterocycles. The summed E-state index contributed by atoms with van der Waals surface area (Å²) < 4.78 is 4.79. The highest BCUT2D eigenvalue weighted by molar-refractivity contribution is 5.88. The normalized spacial score (nSPS) is 22.3. The fraction of sp³-hybridized carbons (Fsp3) is 0.562. The molecule has 1 fully saturated rings. The van der Waals surface area contributed by atoms with E-state index in [1.165, 1.54) is 7.11 Å². The van der Waals surface area contributed by atoms with Gasteiger partial charge in [-0.2, -0.15) is 0 Å². The third-order valence-electron chi connectivity index (χ3n) is 3.83. The van der Waals surface area contributed by atoms with Crippen molar-refractivity contribution in [2.75, 3.05) is 7.11 Å². The quantitative estimate of drug-likeness (QED) is 0.860. The van der Waals surface area contributed by atoms with E-state index in [0.717, 1.165) is 12.0 Å². The van der Waals surface area contributed by atoms with Crippen LogP contribution in [0.3, 0.4) is 0 Å². The number of methoxy groups -OCH3 is 1. The van der Waals surface area contributed by atoms with Crippen molar-refractivity contribution < 1.29 is 14.3 Å². The van der Waals surface area contributed by atoms with Crippen LogP contribution < -0.4 is 5.32 Å². The number of nitrogens with one attached hydrogen (secondary N) is 1. The minimum absolute atomic E-state index is 0.0799. The van der Waals surface area contributed by atoms with Crippen LogP contribution in [0.4, 0.5) is 0 Å². The molecule has 114 valence electrons. The van der Waals surface area contributed by atoms with E-state index in [0.29, 0.717) is 0 Å². The lowest BCUT2D eigenvalue weighted by molar-refractivity contribution is -0.148. The zero-order valence-corrected chi connectivity index (χ0v) is 12.9. The molecule has 0 saturated heterocycles. The van der Waals surface area contributed by atoms with E-state index >= 15 is 0 Å². The van der Waals surface area contributed by atoms with Crippen molar-refractivity contribution in [1.82, 2.24) is 10.3 Å². The van der Waals surface area contributed by atoms with Gasteiger partial charge in [-0.1, -0.05) is 26.8 Å². The van der Waals surface area contributed by atoms with E-state index in [9.17, 15) is 9.59 Å². The van der Waals surface area contributed by atoms with Crippen LogP contribution in [0, 0.1) is 11.3 Å². The highest BCUT2D eigenvalue weighted by atomic mass is 16.5. The molecule has 0 unspecified atom stereocenters. The number of rotatable bonds is 4. The number of hydrogen-bond donors (Lipinski definition) is 1. The highest BCUT2D eigenvalue weighted by Gasteiger charge is 2.46. The molecule has 1 N–H and O–H groups in total. The molecule has 0 spiro atoms. The van der Waals surface area contributed by atoms with E-state index in [4.69, 9.17) is 4.74 Å². The SMILES string of the molecule is COC(=O)[C@H](NC(=O)[C@@H]1C[C@@H]1c1cccnc1)C(C)(C)C. The van der Waals surface area contributed by atoms with Crippen LogP contribution in [0.15, 0.2) is 24.5 Å². The van der Waals surface area contributed by atoms with Crippen molar-refractivity contribution in [3.8, 4) is 0 Å². The van der Waals surface area contributed by atoms with Crippen LogP contribution in [0.2, 0.25) is 0 Å². The fourth-order valence-corrected chi connectivity index (χ4v) is 2.44. The predicted octanol–water partition coefficient (Wildman–Crippen LogP) is 1.89. The molecule has 1 aliphatic carbocycles. The highest BCUT2D eigenvalue weighted by Crippen LogP contribution is 2.47. The number of hydrogen-bond acceptors (Lipinski definition) is 4. The van der Waals surface area contributed by atoms with E-state index in [-0.39, 0.29) is 23.2 Å². The third-order valence-corrected chi connectivity index (χ3v) is 3.83. The van der Waals surface area contributed by atoms with Gasteiger partial charge in [0.25, 0.3) is 0 Å². The summed E-state index contributed by atoms with van der Waals surface area (Å²) in [6, 6.07) is 3.21. The summed E-state index contributed by atoms with van der Waals surface area (Å²) in [5, 5.41) is 2.84. The second kappa shape index (κ2) is 5.84. The van der Waals surface area contributed by atoms with Crippen LogP contribution in [-0.4, -0.2) is 30.0 Å². The van der Waals surface area contributed by atoms with Gasteiger partial charge in [0.15, 0.2) is 0 Å². The lowest BCUT2D eigenvalue weighted by Gasteiger charge is -2.29. The Bertz CT molecular complexity index is 522. The Morgan fingerprint density at radius 2 is 2.14 bits per heavy atom. The lowest BCUT2D eigenvalue weighted by Crippen LogP contribution is -2.50. The van der Waals surface area contributed by atoms with Gasteiger partial charge in [-0.3, -0.25) is 9.78 Å². The number of carbonyl (C=O) groups is 2. The first-order valence-electron chi connectivity index (χ1n) is 7.12. The molecule has 21 heavy (non-hydrogen) atoms. The number of amides is 1. The van der Waals surface area contributed by atoms with Crippen LogP contribution in [0.25, 0.3) is 0 Å². The molecule has 0 aromatic carbocycles. The summed E-state index contributed by atoms with van der Waals surface area (Å²) in [4.78, 5) is 28.2. The van der Waals surface area contributed by atoms with Gasteiger partial charge in [0, 0.05) is 18.3 Å². The van der Waals surface area contributed by atoms with Crippen LogP contribution >= 0.6 is 0 Å². The number of esters is 1. The molecule has 3 atom stereocenters. The maximum Gasteiger partial charge on any atom is 0.328 e. The molecular weight excluding hydrogens is 268 g/mol. The smallest absolute Gasteiger partial charge is 0.328 e. The first-order valence-corrected chi connectivity index (χ1v) is 7.12. The van der Waals surface area contributed by atoms with Gasteiger partial charge in [0.2, 0.25) is 5.91 Å². The van der Waals surface area contributed by atoms with Gasteiger partial charge in [-0.15, -0.1) is 0 Å². The number of carbonyl (C=O) groups excluding carboxylic acids is 2. The molecule has 1 aromatic rings. The Hall–Kier alpha value is -1.91. The Morgan fingerprint density at radius 1 is 1.43 bits per heavy atom. The summed E-state index contributed by atoms with van der Waals surface area (Å²) in [6.07, 6.45) is 4.31. The van der Waals surface area contributed by atoms with Gasteiger partial charge in [-0.05, 0) is 29.4 Å². The Kier molecular flexibility index (Phi) is 4.30. The molecule has 1 saturated carbocycles. The summed E-state index contributed by atoms with van der Waals surface area (Å²) in [7, 11) is 1.34. The largest absolute Gasteiger partial charge is 0.467 e. The monoisotopic (exact) mass is 290 g/mol. The van der Waals surface area contributed by atoms with Crippen LogP contribution in [-0.2, 0) is 14.3 Å². The van der Waals surface area contributed by atoms with E-state index < -0.39 is 12.0 Å². The summed E-state index contributed by atoms with van der Waals surface area (Å²) in [5.41, 5.74) is 0.685. The molecule has 5 heteroatoms. The summed E-state index contributed by atoms with van der Waals surface area (Å²) in [5.74, 6) is -0.371. The average molecular weight is 290 g/mol. The van der Waals surface area contributed by atoms with Crippen molar-refractivity contribution in [1.29, 1.82) is 0 Å². The molecule has 0 radical (unpaired) electrons. The summed E-state index contributed by atoms with van der Waals surface area (Å²) in [6.45, 7) is 5.71. The second-order valence-corrected chi connectivity index (χ2v) is 6.57. The molecule has 0 bridgehead atoms. The Labute approximate surface area is 125 Å². The second-order valence-electron chi connectivity index (χ2n) is 6.57. The average Bonchev–Trinajstić information content (AvgIpc) is 3.24. The molecule has 1 aromatic heterocycles. The maximum atomic E-state index is 12.3. The van der Waals surface area contributed by atoms with Gasteiger partial charge in [0.05, 0.1) is 7.11 Å². The molecular formula is C16H22N2O3. The van der Waals surface area contributed by atoms with Crippen molar-refractivity contribution in [2.45, 2.75) is 39.2 Å². The first-order chi connectivity index (χ1) is 9.84. The van der Waals surface area contributed by atoms with Crippen LogP contribution in [0.5, 0.6) is 0 Å². The molecule has 1 amide bonds. The fourth-order valence-electron chi connectivity index (χ4n) is 2.44. The zero-order chi connectivity index (χ0) is 15.6. The van der Waals surface area contributed by atoms with Gasteiger partial charge >= 0.3 is 5.97 Å². The van der Waals surface area contributed by atoms with Crippen molar-refractivity contribution in [3.63, 3.8) is 0 Å². The Morgan fingerprint density at radius 3 is 2.67 bits per heavy atom. The van der Waals surface area contributed by atoms with Gasteiger partial charge in [-0.25, -0.2) is 4.79 Å². The number of nitrogens with zero attached hydrogens (tertiary/aromatic N) is 1. The third kappa shape index (κ3) is 3.60. The minimum atomic E-state index is -0.634. The molecule has 1 aliphatic rings. The number of pyridine rings is 1. The number of ether oxygens (including phenoxy) is 1. The van der Waals surface area contributed by atoms with Gasteiger partial charge < -0.3 is 10.1 Å². The van der Waals surface area contributed by atoms with E-state index in [1.54, 1.807) is 12.4 Å². The zero-order valence-electron chi connectivity index (χ0n) is 12.9. The predicted molar refractivity (Wildman–Crippen MR) is 78.5 cm³/mol. The number of aromatic nitrogens is 1. The molecule has 0 aliphatic heterocycles. The van der Waals surface area contributed by atoms with Crippen LogP contribution in [0.1, 0.15) is 38.7 Å². The van der Waals surface area contributed by atoms with Gasteiger partial charge in [0.1, 0.15) is 6.04 Å². The minimum Gasteiger partial charge on any atom is -0.467 e. The standard InChI is InChI=1S/C16H22N2O3/c1-16(2,3)13(15(20)21-4)18-14(19)12-8-11(12)10-6-5-7-17-9-10/h5-7,9,11-13H,8H2,1-4H3,(H,18,19)/t11-,12-,13+/m1/s1. The molecule has 2 rings (SSSR count). The van der Waals surface area contributed by atoms with E-state index in [2.05, 4.69) is 10.3 Å². The Balaban J connectivity index is 2.00. The maximum absolute atomic E-state index is 12.3. The van der Waals surface area contributed by atoms with Crippen molar-refractivity contribution in [3.05, 3.63) is 30.1 Å². The van der Waals surface area contributed by atoms with E-state index in [1.807, 2.05) is 32.9 Å². The summed E-state index contributed by atoms with van der Waals surface area (Å²) >= 11 is 0. The van der Waals surface area contributed by atoms with Crippen molar-refractivity contribution >= 4 is 11.9 Å².